The predicted octanol–water partition coefficient (Wildman–Crippen LogP) is 2.27. The molecule has 106 valence electrons. The molecule has 1 amide bonds. The Morgan fingerprint density at radius 1 is 1.19 bits per heavy atom. The standard InChI is InChI=1S/C16H16N4O/c1-20(10-9-12-5-3-2-4-6-12)16(21)13-7-8-14-15(11-13)18-19-17-14/h2-8,11H,9-10H2,1H3,(H,17,18,19). The minimum Gasteiger partial charge on any atom is -0.341 e. The van der Waals surface area contributed by atoms with Gasteiger partial charge in [0, 0.05) is 19.2 Å². The molecule has 0 saturated carbocycles. The van der Waals surface area contributed by atoms with Crippen LogP contribution in [0.25, 0.3) is 11.0 Å². The molecular weight excluding hydrogens is 264 g/mol. The van der Waals surface area contributed by atoms with Gasteiger partial charge in [0.15, 0.2) is 0 Å². The third-order valence-electron chi connectivity index (χ3n) is 3.50. The van der Waals surface area contributed by atoms with Crippen LogP contribution in [0.3, 0.4) is 0 Å². The first-order valence-corrected chi connectivity index (χ1v) is 6.84. The quantitative estimate of drug-likeness (QED) is 0.797. The molecule has 0 radical (unpaired) electrons. The van der Waals surface area contributed by atoms with Crippen LogP contribution in [-0.4, -0.2) is 39.8 Å². The predicted molar refractivity (Wildman–Crippen MR) is 81.0 cm³/mol. The van der Waals surface area contributed by atoms with E-state index in [4.69, 9.17) is 0 Å². The van der Waals surface area contributed by atoms with Gasteiger partial charge in [-0.3, -0.25) is 9.89 Å². The Morgan fingerprint density at radius 3 is 2.81 bits per heavy atom. The zero-order valence-electron chi connectivity index (χ0n) is 11.8. The molecule has 21 heavy (non-hydrogen) atoms. The molecule has 3 aromatic rings. The highest BCUT2D eigenvalue weighted by Gasteiger charge is 2.12. The minimum atomic E-state index is -0.00386. The zero-order chi connectivity index (χ0) is 14.7. The fourth-order valence-electron chi connectivity index (χ4n) is 2.24. The van der Waals surface area contributed by atoms with Gasteiger partial charge in [-0.1, -0.05) is 35.5 Å². The Hall–Kier alpha value is -2.69. The fourth-order valence-corrected chi connectivity index (χ4v) is 2.24. The number of carbonyl (C=O) groups excluding carboxylic acids is 1. The largest absolute Gasteiger partial charge is 0.341 e. The van der Waals surface area contributed by atoms with Crippen molar-refractivity contribution in [2.24, 2.45) is 0 Å². The van der Waals surface area contributed by atoms with Gasteiger partial charge in [-0.15, -0.1) is 5.10 Å². The van der Waals surface area contributed by atoms with Crippen LogP contribution in [0.2, 0.25) is 0 Å². The van der Waals surface area contributed by atoms with Crippen LogP contribution < -0.4 is 0 Å². The molecule has 0 bridgehead atoms. The zero-order valence-corrected chi connectivity index (χ0v) is 11.8. The summed E-state index contributed by atoms with van der Waals surface area (Å²) in [5.41, 5.74) is 3.40. The van der Waals surface area contributed by atoms with Crippen molar-refractivity contribution in [2.75, 3.05) is 13.6 Å². The lowest BCUT2D eigenvalue weighted by atomic mass is 10.1. The normalized spacial score (nSPS) is 10.7. The lowest BCUT2D eigenvalue weighted by Gasteiger charge is -2.17. The molecular formula is C16H16N4O. The third kappa shape index (κ3) is 2.91. The Labute approximate surface area is 122 Å². The van der Waals surface area contributed by atoms with Gasteiger partial charge in [0.1, 0.15) is 5.52 Å². The van der Waals surface area contributed by atoms with Gasteiger partial charge in [0.05, 0.1) is 5.52 Å². The van der Waals surface area contributed by atoms with Crippen molar-refractivity contribution in [3.63, 3.8) is 0 Å². The maximum absolute atomic E-state index is 12.4. The number of hydrogen-bond donors (Lipinski definition) is 1. The summed E-state index contributed by atoms with van der Waals surface area (Å²) in [5, 5.41) is 10.4. The van der Waals surface area contributed by atoms with E-state index >= 15 is 0 Å². The first-order chi connectivity index (χ1) is 10.2. The summed E-state index contributed by atoms with van der Waals surface area (Å²) in [5.74, 6) is -0.00386. The van der Waals surface area contributed by atoms with Gasteiger partial charge in [0.2, 0.25) is 0 Å². The van der Waals surface area contributed by atoms with E-state index in [2.05, 4.69) is 27.5 Å². The second-order valence-corrected chi connectivity index (χ2v) is 5.01. The summed E-state index contributed by atoms with van der Waals surface area (Å²) in [6, 6.07) is 15.5. The molecule has 0 atom stereocenters. The molecule has 1 heterocycles. The summed E-state index contributed by atoms with van der Waals surface area (Å²) in [6.45, 7) is 0.680. The number of carbonyl (C=O) groups is 1. The van der Waals surface area contributed by atoms with Crippen molar-refractivity contribution in [2.45, 2.75) is 6.42 Å². The van der Waals surface area contributed by atoms with Gasteiger partial charge in [-0.05, 0) is 30.2 Å². The van der Waals surface area contributed by atoms with Gasteiger partial charge in [0.25, 0.3) is 5.91 Å². The van der Waals surface area contributed by atoms with Crippen LogP contribution in [0.15, 0.2) is 48.5 Å². The highest BCUT2D eigenvalue weighted by Crippen LogP contribution is 2.12. The number of aromatic amines is 1. The molecule has 0 aliphatic rings. The average molecular weight is 280 g/mol. The van der Waals surface area contributed by atoms with Crippen LogP contribution in [0.5, 0.6) is 0 Å². The van der Waals surface area contributed by atoms with E-state index in [1.165, 1.54) is 5.56 Å². The van der Waals surface area contributed by atoms with E-state index in [0.717, 1.165) is 11.9 Å². The van der Waals surface area contributed by atoms with Crippen molar-refractivity contribution < 1.29 is 4.79 Å². The van der Waals surface area contributed by atoms with E-state index in [-0.39, 0.29) is 5.91 Å². The molecule has 0 saturated heterocycles. The van der Waals surface area contributed by atoms with Crippen LogP contribution in [0.4, 0.5) is 0 Å². The molecule has 0 fully saturated rings. The highest BCUT2D eigenvalue weighted by molar-refractivity contribution is 5.97. The molecule has 0 spiro atoms. The maximum atomic E-state index is 12.4. The van der Waals surface area contributed by atoms with E-state index in [1.807, 2.05) is 31.3 Å². The van der Waals surface area contributed by atoms with Crippen molar-refractivity contribution in [1.29, 1.82) is 0 Å². The van der Waals surface area contributed by atoms with Gasteiger partial charge in [-0.2, -0.15) is 0 Å². The number of nitrogens with one attached hydrogen (secondary N) is 1. The number of nitrogens with zero attached hydrogens (tertiary/aromatic N) is 3. The molecule has 1 aromatic heterocycles. The molecule has 1 N–H and O–H groups in total. The summed E-state index contributed by atoms with van der Waals surface area (Å²) in [4.78, 5) is 14.1. The van der Waals surface area contributed by atoms with Gasteiger partial charge >= 0.3 is 0 Å². The number of benzene rings is 2. The molecule has 0 aliphatic carbocycles. The molecule has 5 nitrogen and oxygen atoms in total. The molecule has 0 aliphatic heterocycles. The smallest absolute Gasteiger partial charge is 0.253 e. The Kier molecular flexibility index (Phi) is 3.64. The monoisotopic (exact) mass is 280 g/mol. The Balaban J connectivity index is 1.69. The lowest BCUT2D eigenvalue weighted by Crippen LogP contribution is -2.28. The number of fused-ring (bicyclic) bond motifs is 1. The molecule has 0 unspecified atom stereocenters. The molecule has 3 rings (SSSR count). The first-order valence-electron chi connectivity index (χ1n) is 6.84. The second kappa shape index (κ2) is 5.75. The molecule has 5 heteroatoms. The van der Waals surface area contributed by atoms with Crippen molar-refractivity contribution >= 4 is 16.9 Å². The third-order valence-corrected chi connectivity index (χ3v) is 3.50. The van der Waals surface area contributed by atoms with Crippen LogP contribution in [-0.2, 0) is 6.42 Å². The SMILES string of the molecule is CN(CCc1ccccc1)C(=O)c1ccc2[nH]nnc2c1. The minimum absolute atomic E-state index is 0.00386. The number of H-pyrrole nitrogens is 1. The van der Waals surface area contributed by atoms with E-state index in [1.54, 1.807) is 17.0 Å². The second-order valence-electron chi connectivity index (χ2n) is 5.01. The number of aromatic nitrogens is 3. The number of likely N-dealkylation sites (N-methyl/N-ethyl adjacent to an activating group) is 1. The topological polar surface area (TPSA) is 61.9 Å². The number of hydrogen-bond acceptors (Lipinski definition) is 3. The van der Waals surface area contributed by atoms with Crippen molar-refractivity contribution in [3.05, 3.63) is 59.7 Å². The number of amides is 1. The van der Waals surface area contributed by atoms with Crippen LogP contribution in [0.1, 0.15) is 15.9 Å². The van der Waals surface area contributed by atoms with Gasteiger partial charge < -0.3 is 4.90 Å². The van der Waals surface area contributed by atoms with Crippen LogP contribution >= 0.6 is 0 Å². The Morgan fingerprint density at radius 2 is 2.00 bits per heavy atom. The summed E-state index contributed by atoms with van der Waals surface area (Å²) < 4.78 is 0. The van der Waals surface area contributed by atoms with E-state index in [9.17, 15) is 4.79 Å². The Bertz CT molecular complexity index is 751. The highest BCUT2D eigenvalue weighted by atomic mass is 16.2. The fraction of sp³-hybridized carbons (Fsp3) is 0.188. The van der Waals surface area contributed by atoms with Gasteiger partial charge in [-0.25, -0.2) is 0 Å². The summed E-state index contributed by atoms with van der Waals surface area (Å²) >= 11 is 0. The lowest BCUT2D eigenvalue weighted by molar-refractivity contribution is 0.0797. The van der Waals surface area contributed by atoms with Crippen molar-refractivity contribution in [1.82, 2.24) is 20.3 Å². The first kappa shape index (κ1) is 13.3. The van der Waals surface area contributed by atoms with Crippen LogP contribution in [0, 0.1) is 0 Å². The molecule has 2 aromatic carbocycles. The number of rotatable bonds is 4. The van der Waals surface area contributed by atoms with Crippen molar-refractivity contribution in [3.8, 4) is 0 Å². The summed E-state index contributed by atoms with van der Waals surface area (Å²) in [6.07, 6.45) is 0.843. The van der Waals surface area contributed by atoms with E-state index < -0.39 is 0 Å². The van der Waals surface area contributed by atoms with E-state index in [0.29, 0.717) is 17.6 Å². The maximum Gasteiger partial charge on any atom is 0.253 e. The average Bonchev–Trinajstić information content (AvgIpc) is 3.00. The summed E-state index contributed by atoms with van der Waals surface area (Å²) in [7, 11) is 1.82.